The normalized spacial score (nSPS) is 13.0. The average molecular weight is 410 g/mol. The molecule has 0 aliphatic carbocycles. The summed E-state index contributed by atoms with van der Waals surface area (Å²) in [6.45, 7) is 0.0541. The molecule has 4 aromatic rings. The van der Waals surface area contributed by atoms with E-state index < -0.39 is 11.8 Å². The molecule has 3 amide bonds. The van der Waals surface area contributed by atoms with E-state index in [1.165, 1.54) is 12.3 Å². The Balaban J connectivity index is 1.46. The Kier molecular flexibility index (Phi) is 4.40. The van der Waals surface area contributed by atoms with Crippen LogP contribution in [0.3, 0.4) is 0 Å². The van der Waals surface area contributed by atoms with Crippen molar-refractivity contribution in [1.29, 1.82) is 0 Å². The number of fused-ring (bicyclic) bond motifs is 2. The number of hydrogen-bond donors (Lipinski definition) is 0. The molecule has 0 radical (unpaired) electrons. The van der Waals surface area contributed by atoms with E-state index in [1.807, 2.05) is 42.5 Å². The van der Waals surface area contributed by atoms with Crippen molar-refractivity contribution in [2.24, 2.45) is 0 Å². The quantitative estimate of drug-likeness (QED) is 0.464. The van der Waals surface area contributed by atoms with Crippen LogP contribution in [0.4, 0.5) is 5.69 Å². The smallest absolute Gasteiger partial charge is 0.261 e. The van der Waals surface area contributed by atoms with Gasteiger partial charge in [0.15, 0.2) is 0 Å². The van der Waals surface area contributed by atoms with Gasteiger partial charge in [0.2, 0.25) is 0 Å². The van der Waals surface area contributed by atoms with E-state index in [9.17, 15) is 14.4 Å². The van der Waals surface area contributed by atoms with Crippen LogP contribution in [0.1, 0.15) is 36.8 Å². The Bertz CT molecular complexity index is 1340. The Labute approximate surface area is 178 Å². The Morgan fingerprint density at radius 1 is 0.903 bits per heavy atom. The Hall–Kier alpha value is -4.19. The van der Waals surface area contributed by atoms with Crippen LogP contribution in [0.25, 0.3) is 10.8 Å². The van der Waals surface area contributed by atoms with Crippen LogP contribution in [0.15, 0.2) is 83.5 Å². The standard InChI is InChI=1S/C25H18N2O4/c1-26(22-10-4-7-16-6-2-3-9-19(16)22)23(28)17-11-12-20-21(14-17)25(30)27(24(20)29)15-18-8-5-13-31-18/h2-14H,15H2,1H3. The van der Waals surface area contributed by atoms with Crippen LogP contribution in [-0.2, 0) is 6.54 Å². The molecule has 3 aromatic carbocycles. The number of furan rings is 1. The van der Waals surface area contributed by atoms with Crippen molar-refractivity contribution in [1.82, 2.24) is 4.90 Å². The minimum atomic E-state index is -0.432. The average Bonchev–Trinajstić information content (AvgIpc) is 3.40. The maximum absolute atomic E-state index is 13.2. The molecule has 5 rings (SSSR count). The first-order valence-electron chi connectivity index (χ1n) is 9.83. The molecule has 0 saturated carbocycles. The van der Waals surface area contributed by atoms with Crippen molar-refractivity contribution in [2.45, 2.75) is 6.54 Å². The first-order chi connectivity index (χ1) is 15.0. The zero-order valence-electron chi connectivity index (χ0n) is 16.7. The summed E-state index contributed by atoms with van der Waals surface area (Å²) in [5.41, 5.74) is 1.63. The summed E-state index contributed by atoms with van der Waals surface area (Å²) in [6.07, 6.45) is 1.49. The highest BCUT2D eigenvalue weighted by Crippen LogP contribution is 2.29. The van der Waals surface area contributed by atoms with Gasteiger partial charge in [-0.1, -0.05) is 36.4 Å². The molecule has 31 heavy (non-hydrogen) atoms. The van der Waals surface area contributed by atoms with Gasteiger partial charge in [0.25, 0.3) is 17.7 Å². The van der Waals surface area contributed by atoms with Crippen LogP contribution in [0, 0.1) is 0 Å². The first kappa shape index (κ1) is 18.8. The predicted octanol–water partition coefficient (Wildman–Crippen LogP) is 4.51. The third-order valence-electron chi connectivity index (χ3n) is 5.54. The number of hydrogen-bond acceptors (Lipinski definition) is 4. The minimum Gasteiger partial charge on any atom is -0.467 e. The van der Waals surface area contributed by atoms with E-state index in [0.29, 0.717) is 16.9 Å². The van der Waals surface area contributed by atoms with Crippen LogP contribution < -0.4 is 4.90 Å². The number of rotatable bonds is 4. The summed E-state index contributed by atoms with van der Waals surface area (Å²) >= 11 is 0. The third kappa shape index (κ3) is 3.09. The number of benzene rings is 3. The van der Waals surface area contributed by atoms with Gasteiger partial charge in [-0.25, -0.2) is 0 Å². The second-order valence-electron chi connectivity index (χ2n) is 7.40. The lowest BCUT2D eigenvalue weighted by Crippen LogP contribution is -2.29. The van der Waals surface area contributed by atoms with Gasteiger partial charge in [-0.3, -0.25) is 19.3 Å². The molecule has 152 valence electrons. The highest BCUT2D eigenvalue weighted by atomic mass is 16.3. The maximum atomic E-state index is 13.2. The number of imide groups is 1. The van der Waals surface area contributed by atoms with Gasteiger partial charge in [-0.2, -0.15) is 0 Å². The van der Waals surface area contributed by atoms with E-state index in [2.05, 4.69) is 0 Å². The summed E-state index contributed by atoms with van der Waals surface area (Å²) in [5.74, 6) is -0.568. The van der Waals surface area contributed by atoms with E-state index in [1.54, 1.807) is 36.2 Å². The molecule has 0 unspecified atom stereocenters. The number of carbonyl (C=O) groups is 3. The van der Waals surface area contributed by atoms with E-state index in [0.717, 1.165) is 21.4 Å². The van der Waals surface area contributed by atoms with E-state index in [4.69, 9.17) is 4.42 Å². The van der Waals surface area contributed by atoms with Crippen molar-refractivity contribution in [3.05, 3.63) is 102 Å². The van der Waals surface area contributed by atoms with Gasteiger partial charge in [-0.15, -0.1) is 0 Å². The van der Waals surface area contributed by atoms with E-state index in [-0.39, 0.29) is 18.0 Å². The molecule has 1 aliphatic rings. The molecule has 0 N–H and O–H groups in total. The monoisotopic (exact) mass is 410 g/mol. The third-order valence-corrected chi connectivity index (χ3v) is 5.54. The number of nitrogens with zero attached hydrogens (tertiary/aromatic N) is 2. The van der Waals surface area contributed by atoms with Crippen LogP contribution >= 0.6 is 0 Å². The summed E-state index contributed by atoms with van der Waals surface area (Å²) in [5, 5.41) is 1.99. The van der Waals surface area contributed by atoms with Crippen LogP contribution in [0.5, 0.6) is 0 Å². The van der Waals surface area contributed by atoms with Crippen molar-refractivity contribution < 1.29 is 18.8 Å². The molecule has 2 heterocycles. The molecule has 0 spiro atoms. The first-order valence-corrected chi connectivity index (χ1v) is 9.83. The molecule has 1 aliphatic heterocycles. The second kappa shape index (κ2) is 7.25. The molecular formula is C25H18N2O4. The molecule has 6 nitrogen and oxygen atoms in total. The zero-order valence-corrected chi connectivity index (χ0v) is 16.7. The summed E-state index contributed by atoms with van der Waals surface area (Å²) in [7, 11) is 1.70. The maximum Gasteiger partial charge on any atom is 0.261 e. The SMILES string of the molecule is CN(C(=O)c1ccc2c(c1)C(=O)N(Cc1ccco1)C2=O)c1cccc2ccccc12. The molecular weight excluding hydrogens is 392 g/mol. The van der Waals surface area contributed by atoms with Gasteiger partial charge >= 0.3 is 0 Å². The fraction of sp³-hybridized carbons (Fsp3) is 0.0800. The van der Waals surface area contributed by atoms with Crippen molar-refractivity contribution >= 4 is 34.2 Å². The second-order valence-corrected chi connectivity index (χ2v) is 7.40. The topological polar surface area (TPSA) is 70.8 Å². The molecule has 1 aromatic heterocycles. The fourth-order valence-corrected chi connectivity index (χ4v) is 3.93. The molecule has 0 bridgehead atoms. The highest BCUT2D eigenvalue weighted by molar-refractivity contribution is 6.22. The zero-order chi connectivity index (χ0) is 21.5. The summed E-state index contributed by atoms with van der Waals surface area (Å²) in [4.78, 5) is 41.5. The van der Waals surface area contributed by atoms with Gasteiger partial charge < -0.3 is 9.32 Å². The predicted molar refractivity (Wildman–Crippen MR) is 116 cm³/mol. The van der Waals surface area contributed by atoms with Crippen molar-refractivity contribution in [3.8, 4) is 0 Å². The molecule has 0 saturated heterocycles. The van der Waals surface area contributed by atoms with Crippen molar-refractivity contribution in [2.75, 3.05) is 11.9 Å². The van der Waals surface area contributed by atoms with Crippen molar-refractivity contribution in [3.63, 3.8) is 0 Å². The molecule has 0 atom stereocenters. The van der Waals surface area contributed by atoms with Gasteiger partial charge in [0.05, 0.1) is 29.6 Å². The van der Waals surface area contributed by atoms with Crippen LogP contribution in [0.2, 0.25) is 0 Å². The lowest BCUT2D eigenvalue weighted by molar-refractivity contribution is 0.0631. The number of amides is 3. The van der Waals surface area contributed by atoms with E-state index >= 15 is 0 Å². The van der Waals surface area contributed by atoms with Gasteiger partial charge in [0.1, 0.15) is 5.76 Å². The fourth-order valence-electron chi connectivity index (χ4n) is 3.93. The lowest BCUT2D eigenvalue weighted by atomic mass is 10.0. The van der Waals surface area contributed by atoms with Gasteiger partial charge in [-0.05, 0) is 41.8 Å². The number of anilines is 1. The van der Waals surface area contributed by atoms with Gasteiger partial charge in [0, 0.05) is 18.0 Å². The minimum absolute atomic E-state index is 0.0541. The summed E-state index contributed by atoms with van der Waals surface area (Å²) in [6, 6.07) is 21.6. The van der Waals surface area contributed by atoms with Crippen LogP contribution in [-0.4, -0.2) is 29.7 Å². The number of carbonyl (C=O) groups excluding carboxylic acids is 3. The molecule has 0 fully saturated rings. The highest BCUT2D eigenvalue weighted by Gasteiger charge is 2.36. The largest absolute Gasteiger partial charge is 0.467 e. The summed E-state index contributed by atoms with van der Waals surface area (Å²) < 4.78 is 5.26. The lowest BCUT2D eigenvalue weighted by Gasteiger charge is -2.19. The molecule has 6 heteroatoms. The Morgan fingerprint density at radius 2 is 1.68 bits per heavy atom. The Morgan fingerprint density at radius 3 is 2.48 bits per heavy atom.